The summed E-state index contributed by atoms with van der Waals surface area (Å²) in [5, 5.41) is 12.2. The van der Waals surface area contributed by atoms with Gasteiger partial charge in [-0.1, -0.05) is 54.8 Å². The van der Waals surface area contributed by atoms with Crippen molar-refractivity contribution in [3.8, 4) is 0 Å². The number of likely N-dealkylation sites (tertiary alicyclic amines) is 1. The molecule has 222 valence electrons. The van der Waals surface area contributed by atoms with Gasteiger partial charge in [0.15, 0.2) is 0 Å². The molecule has 3 heterocycles. The van der Waals surface area contributed by atoms with Crippen LogP contribution < -0.4 is 5.56 Å². The number of piperazine rings is 1. The van der Waals surface area contributed by atoms with Crippen LogP contribution in [-0.4, -0.2) is 85.4 Å². The fourth-order valence-corrected chi connectivity index (χ4v) is 6.85. The average molecular weight is 586 g/mol. The fourth-order valence-electron chi connectivity index (χ4n) is 6.71. The minimum absolute atomic E-state index is 0.0960. The molecule has 1 N–H and O–H groups in total. The highest BCUT2D eigenvalue weighted by molar-refractivity contribution is 6.29. The first-order valence-electron chi connectivity index (χ1n) is 14.4. The Bertz CT molecular complexity index is 1320. The van der Waals surface area contributed by atoms with Crippen molar-refractivity contribution in [1.82, 2.24) is 24.3 Å². The molecule has 3 fully saturated rings. The van der Waals surface area contributed by atoms with Crippen molar-refractivity contribution < 1.29 is 19.4 Å². The van der Waals surface area contributed by atoms with E-state index in [-0.39, 0.29) is 35.4 Å². The van der Waals surface area contributed by atoms with Gasteiger partial charge in [0.2, 0.25) is 0 Å². The minimum atomic E-state index is -1.16. The van der Waals surface area contributed by atoms with E-state index < -0.39 is 16.6 Å². The largest absolute Gasteiger partial charge is 0.444 e. The zero-order valence-electron chi connectivity index (χ0n) is 24.1. The Morgan fingerprint density at radius 3 is 2.44 bits per heavy atom. The minimum Gasteiger partial charge on any atom is -0.444 e. The van der Waals surface area contributed by atoms with Crippen LogP contribution in [0.1, 0.15) is 64.5 Å². The van der Waals surface area contributed by atoms with Crippen molar-refractivity contribution in [2.45, 2.75) is 76.7 Å². The number of halogens is 1. The molecule has 41 heavy (non-hydrogen) atoms. The number of urea groups is 1. The van der Waals surface area contributed by atoms with E-state index in [2.05, 4.69) is 4.98 Å². The molecule has 1 saturated carbocycles. The SMILES string of the molecule is CC(C)(C)OC(=O)N1CCN(C(=O)N2CC[C@@](O)(Cn3cnc(Cl)cc3=O)C3(CCCC3)C2)C(c2ccccc2)C1. The predicted molar refractivity (Wildman–Crippen MR) is 155 cm³/mol. The van der Waals surface area contributed by atoms with Gasteiger partial charge in [-0.05, 0) is 45.6 Å². The Labute approximate surface area is 245 Å². The van der Waals surface area contributed by atoms with Crippen LogP contribution in [0.3, 0.4) is 0 Å². The highest BCUT2D eigenvalue weighted by atomic mass is 35.5. The lowest BCUT2D eigenvalue weighted by molar-refractivity contribution is -0.137. The van der Waals surface area contributed by atoms with Gasteiger partial charge in [0.1, 0.15) is 10.8 Å². The van der Waals surface area contributed by atoms with Gasteiger partial charge in [0.25, 0.3) is 5.56 Å². The number of amides is 3. The van der Waals surface area contributed by atoms with E-state index in [0.717, 1.165) is 31.2 Å². The number of carbonyl (C=O) groups is 2. The van der Waals surface area contributed by atoms with Crippen molar-refractivity contribution >= 4 is 23.7 Å². The molecule has 2 aliphatic heterocycles. The van der Waals surface area contributed by atoms with Crippen LogP contribution in [0.15, 0.2) is 47.5 Å². The second-order valence-corrected chi connectivity index (χ2v) is 13.1. The third-order valence-electron chi connectivity index (χ3n) is 8.85. The van der Waals surface area contributed by atoms with E-state index in [9.17, 15) is 19.5 Å². The van der Waals surface area contributed by atoms with Crippen LogP contribution in [-0.2, 0) is 11.3 Å². The Hall–Kier alpha value is -3.11. The topological polar surface area (TPSA) is 108 Å². The molecule has 3 amide bonds. The number of nitrogens with zero attached hydrogens (tertiary/aromatic N) is 5. The average Bonchev–Trinajstić information content (AvgIpc) is 3.41. The third-order valence-corrected chi connectivity index (χ3v) is 9.05. The summed E-state index contributed by atoms with van der Waals surface area (Å²) >= 11 is 5.89. The number of hydrogen-bond acceptors (Lipinski definition) is 6. The van der Waals surface area contributed by atoms with Gasteiger partial charge in [0, 0.05) is 44.2 Å². The first-order valence-corrected chi connectivity index (χ1v) is 14.8. The first-order chi connectivity index (χ1) is 19.4. The number of aliphatic hydroxyl groups is 1. The van der Waals surface area contributed by atoms with Crippen LogP contribution >= 0.6 is 11.6 Å². The van der Waals surface area contributed by atoms with Crippen LogP contribution in [0.4, 0.5) is 9.59 Å². The van der Waals surface area contributed by atoms with Crippen LogP contribution in [0.5, 0.6) is 0 Å². The van der Waals surface area contributed by atoms with E-state index in [0.29, 0.717) is 39.1 Å². The Morgan fingerprint density at radius 1 is 1.07 bits per heavy atom. The van der Waals surface area contributed by atoms with Crippen molar-refractivity contribution in [1.29, 1.82) is 0 Å². The lowest BCUT2D eigenvalue weighted by Crippen LogP contribution is -2.64. The maximum Gasteiger partial charge on any atom is 0.410 e. The molecule has 2 aromatic rings. The number of benzene rings is 1. The lowest BCUT2D eigenvalue weighted by Gasteiger charge is -2.53. The molecule has 3 aliphatic rings. The number of rotatable bonds is 3. The number of ether oxygens (including phenoxy) is 1. The monoisotopic (exact) mass is 585 g/mol. The molecule has 10 nitrogen and oxygen atoms in total. The normalized spacial score (nSPS) is 24.5. The molecule has 11 heteroatoms. The van der Waals surface area contributed by atoms with Crippen molar-refractivity contribution in [2.75, 3.05) is 32.7 Å². The molecule has 1 aromatic heterocycles. The van der Waals surface area contributed by atoms with Crippen LogP contribution in [0.25, 0.3) is 0 Å². The summed E-state index contributed by atoms with van der Waals surface area (Å²) in [6.45, 7) is 7.49. The van der Waals surface area contributed by atoms with E-state index in [1.807, 2.05) is 60.9 Å². The second-order valence-electron chi connectivity index (χ2n) is 12.7. The Balaban J connectivity index is 1.37. The van der Waals surface area contributed by atoms with Crippen LogP contribution in [0.2, 0.25) is 5.15 Å². The summed E-state index contributed by atoms with van der Waals surface area (Å²) in [6.07, 6.45) is 4.82. The van der Waals surface area contributed by atoms with E-state index in [1.54, 1.807) is 4.90 Å². The first kappa shape index (κ1) is 29.4. The highest BCUT2D eigenvalue weighted by Crippen LogP contribution is 2.52. The molecular weight excluding hydrogens is 546 g/mol. The molecule has 1 unspecified atom stereocenters. The standard InChI is InChI=1S/C30H40ClN5O5/c1-28(2,3)41-27(39)33-15-16-36(23(18-33)22-9-5-4-6-10-22)26(38)34-14-13-30(40,29(19-34)11-7-8-12-29)20-35-21-32-24(31)17-25(35)37/h4-6,9-10,17,21,23,40H,7-8,11-16,18-20H2,1-3H3/t23?,30-/m1/s1. The highest BCUT2D eigenvalue weighted by Gasteiger charge is 2.56. The summed E-state index contributed by atoms with van der Waals surface area (Å²) in [4.78, 5) is 49.1. The van der Waals surface area contributed by atoms with E-state index in [4.69, 9.17) is 16.3 Å². The van der Waals surface area contributed by atoms with Gasteiger partial charge >= 0.3 is 12.1 Å². The Kier molecular flexibility index (Phi) is 8.09. The zero-order chi connectivity index (χ0) is 29.4. The number of carbonyl (C=O) groups excluding carboxylic acids is 2. The third kappa shape index (κ3) is 6.09. The molecule has 1 spiro atoms. The van der Waals surface area contributed by atoms with Crippen LogP contribution in [0, 0.1) is 5.41 Å². The predicted octanol–water partition coefficient (Wildman–Crippen LogP) is 4.31. The molecule has 2 atom stereocenters. The number of hydrogen-bond donors (Lipinski definition) is 1. The Morgan fingerprint density at radius 2 is 1.78 bits per heavy atom. The zero-order valence-corrected chi connectivity index (χ0v) is 24.8. The maximum atomic E-state index is 14.2. The van der Waals surface area contributed by atoms with Gasteiger partial charge in [0.05, 0.1) is 24.5 Å². The summed E-state index contributed by atoms with van der Waals surface area (Å²) in [6, 6.07) is 10.6. The maximum absolute atomic E-state index is 14.2. The summed E-state index contributed by atoms with van der Waals surface area (Å²) in [7, 11) is 0. The molecular formula is C30H40ClN5O5. The number of aromatic nitrogens is 2. The summed E-state index contributed by atoms with van der Waals surface area (Å²) < 4.78 is 7.05. The number of piperidine rings is 1. The quantitative estimate of drug-likeness (QED) is 0.538. The van der Waals surface area contributed by atoms with Crippen molar-refractivity contribution in [3.05, 3.63) is 63.8 Å². The van der Waals surface area contributed by atoms with Crippen molar-refractivity contribution in [3.63, 3.8) is 0 Å². The van der Waals surface area contributed by atoms with Gasteiger partial charge in [-0.2, -0.15) is 0 Å². The van der Waals surface area contributed by atoms with Crippen molar-refractivity contribution in [2.24, 2.45) is 5.41 Å². The molecule has 5 rings (SSSR count). The summed E-state index contributed by atoms with van der Waals surface area (Å²) in [5.74, 6) is 0. The van der Waals surface area contributed by atoms with Gasteiger partial charge in [-0.15, -0.1) is 0 Å². The smallest absolute Gasteiger partial charge is 0.410 e. The molecule has 2 saturated heterocycles. The second kappa shape index (κ2) is 11.3. The lowest BCUT2D eigenvalue weighted by atomic mass is 9.66. The van der Waals surface area contributed by atoms with E-state index in [1.165, 1.54) is 17.0 Å². The van der Waals surface area contributed by atoms with E-state index >= 15 is 0 Å². The van der Waals surface area contributed by atoms with Gasteiger partial charge < -0.3 is 24.5 Å². The molecule has 1 aromatic carbocycles. The van der Waals surface area contributed by atoms with Gasteiger partial charge in [-0.25, -0.2) is 14.6 Å². The van der Waals surface area contributed by atoms with Gasteiger partial charge in [-0.3, -0.25) is 9.36 Å². The molecule has 1 aliphatic carbocycles. The fraction of sp³-hybridized carbons (Fsp3) is 0.600. The molecule has 0 bridgehead atoms. The molecule has 0 radical (unpaired) electrons. The summed E-state index contributed by atoms with van der Waals surface area (Å²) in [5.41, 5.74) is -1.65.